The van der Waals surface area contributed by atoms with Crippen LogP contribution in [-0.4, -0.2) is 30.1 Å². The minimum absolute atomic E-state index is 0.265. The number of methoxy groups -OCH3 is 2. The van der Waals surface area contributed by atoms with Crippen molar-refractivity contribution in [3.8, 4) is 11.5 Å². The molecule has 0 aliphatic rings. The number of carbonyl (C=O) groups excluding carboxylic acids is 1. The first-order chi connectivity index (χ1) is 13.6. The third-order valence-electron chi connectivity index (χ3n) is 4.04. The van der Waals surface area contributed by atoms with E-state index in [9.17, 15) is 4.79 Å². The number of nitrogens with one attached hydrogen (secondary N) is 2. The van der Waals surface area contributed by atoms with E-state index >= 15 is 0 Å². The van der Waals surface area contributed by atoms with Gasteiger partial charge in [0, 0.05) is 18.3 Å². The highest BCUT2D eigenvalue weighted by atomic mass is 16.5. The number of anilines is 2. The summed E-state index contributed by atoms with van der Waals surface area (Å²) >= 11 is 0. The van der Waals surface area contributed by atoms with Crippen LogP contribution in [0.4, 0.5) is 11.6 Å². The van der Waals surface area contributed by atoms with Gasteiger partial charge < -0.3 is 20.1 Å². The second-order valence-corrected chi connectivity index (χ2v) is 6.08. The molecule has 0 aliphatic heterocycles. The standard InChI is InChI=1S/C21H22N4O3/c1-14-11-18(20(26)22-13-15-7-5-4-6-8-15)25-21(23-14)24-17-10-9-16(27-2)12-19(17)28-3/h4-12H,13H2,1-3H3,(H,22,26)(H,23,24,25). The van der Waals surface area contributed by atoms with E-state index in [0.29, 0.717) is 41.1 Å². The molecule has 0 spiro atoms. The van der Waals surface area contributed by atoms with Crippen LogP contribution in [0.3, 0.4) is 0 Å². The van der Waals surface area contributed by atoms with Crippen molar-refractivity contribution >= 4 is 17.5 Å². The molecular formula is C21H22N4O3. The van der Waals surface area contributed by atoms with E-state index < -0.39 is 0 Å². The van der Waals surface area contributed by atoms with Crippen LogP contribution in [0.15, 0.2) is 54.6 Å². The normalized spacial score (nSPS) is 10.2. The summed E-state index contributed by atoms with van der Waals surface area (Å²) < 4.78 is 10.6. The summed E-state index contributed by atoms with van der Waals surface area (Å²) in [5.74, 6) is 1.31. The summed E-state index contributed by atoms with van der Waals surface area (Å²) in [6.07, 6.45) is 0. The van der Waals surface area contributed by atoms with Gasteiger partial charge in [-0.2, -0.15) is 0 Å². The zero-order chi connectivity index (χ0) is 19.9. The third-order valence-corrected chi connectivity index (χ3v) is 4.04. The summed E-state index contributed by atoms with van der Waals surface area (Å²) in [5.41, 5.74) is 2.65. The molecule has 0 saturated carbocycles. The topological polar surface area (TPSA) is 85.4 Å². The van der Waals surface area contributed by atoms with E-state index in [1.54, 1.807) is 38.5 Å². The van der Waals surface area contributed by atoms with E-state index in [1.807, 2.05) is 37.3 Å². The average Bonchev–Trinajstić information content (AvgIpc) is 2.72. The Bertz CT molecular complexity index is 961. The highest BCUT2D eigenvalue weighted by Gasteiger charge is 2.12. The number of benzene rings is 2. The lowest BCUT2D eigenvalue weighted by molar-refractivity contribution is 0.0945. The van der Waals surface area contributed by atoms with Gasteiger partial charge in [0.1, 0.15) is 17.2 Å². The Morgan fingerprint density at radius 1 is 1.00 bits per heavy atom. The predicted octanol–water partition coefficient (Wildman–Crippen LogP) is 3.48. The van der Waals surface area contributed by atoms with Gasteiger partial charge in [0.2, 0.25) is 5.95 Å². The van der Waals surface area contributed by atoms with E-state index in [0.717, 1.165) is 5.56 Å². The van der Waals surface area contributed by atoms with Gasteiger partial charge in [0.25, 0.3) is 5.91 Å². The largest absolute Gasteiger partial charge is 0.497 e. The van der Waals surface area contributed by atoms with Gasteiger partial charge in [-0.25, -0.2) is 9.97 Å². The Balaban J connectivity index is 1.77. The van der Waals surface area contributed by atoms with E-state index in [1.165, 1.54) is 0 Å². The minimum atomic E-state index is -0.265. The van der Waals surface area contributed by atoms with E-state index in [4.69, 9.17) is 9.47 Å². The summed E-state index contributed by atoms with van der Waals surface area (Å²) in [7, 11) is 3.16. The van der Waals surface area contributed by atoms with Crippen LogP contribution in [0.25, 0.3) is 0 Å². The molecule has 0 bridgehead atoms. The Kier molecular flexibility index (Phi) is 6.06. The van der Waals surface area contributed by atoms with Crippen LogP contribution < -0.4 is 20.1 Å². The molecule has 1 amide bonds. The lowest BCUT2D eigenvalue weighted by atomic mass is 10.2. The molecule has 2 N–H and O–H groups in total. The van der Waals surface area contributed by atoms with Crippen LogP contribution >= 0.6 is 0 Å². The van der Waals surface area contributed by atoms with Gasteiger partial charge in [-0.05, 0) is 30.7 Å². The Morgan fingerprint density at radius 3 is 2.50 bits per heavy atom. The number of ether oxygens (including phenoxy) is 2. The first-order valence-electron chi connectivity index (χ1n) is 8.76. The van der Waals surface area contributed by atoms with Crippen molar-refractivity contribution in [2.24, 2.45) is 0 Å². The van der Waals surface area contributed by atoms with Crippen LogP contribution in [0.5, 0.6) is 11.5 Å². The molecule has 144 valence electrons. The molecule has 0 atom stereocenters. The Morgan fingerprint density at radius 2 is 1.79 bits per heavy atom. The maximum Gasteiger partial charge on any atom is 0.270 e. The van der Waals surface area contributed by atoms with Crippen molar-refractivity contribution < 1.29 is 14.3 Å². The fourth-order valence-electron chi connectivity index (χ4n) is 2.63. The van der Waals surface area contributed by atoms with Crippen molar-refractivity contribution in [2.75, 3.05) is 19.5 Å². The Labute approximate surface area is 163 Å². The summed E-state index contributed by atoms with van der Waals surface area (Å²) in [4.78, 5) is 21.2. The van der Waals surface area contributed by atoms with Crippen molar-refractivity contribution in [3.05, 3.63) is 71.5 Å². The molecule has 28 heavy (non-hydrogen) atoms. The van der Waals surface area contributed by atoms with Crippen molar-refractivity contribution in [1.82, 2.24) is 15.3 Å². The predicted molar refractivity (Wildman–Crippen MR) is 107 cm³/mol. The number of rotatable bonds is 7. The van der Waals surface area contributed by atoms with Crippen LogP contribution in [0, 0.1) is 6.92 Å². The molecule has 1 heterocycles. The molecule has 0 fully saturated rings. The zero-order valence-electron chi connectivity index (χ0n) is 16.0. The van der Waals surface area contributed by atoms with Gasteiger partial charge >= 0.3 is 0 Å². The summed E-state index contributed by atoms with van der Waals surface area (Å²) in [5, 5.41) is 5.97. The first kappa shape index (κ1) is 19.2. The van der Waals surface area contributed by atoms with E-state index in [2.05, 4.69) is 20.6 Å². The smallest absolute Gasteiger partial charge is 0.270 e. The third kappa shape index (κ3) is 4.76. The molecule has 7 nitrogen and oxygen atoms in total. The molecule has 1 aromatic heterocycles. The van der Waals surface area contributed by atoms with Gasteiger partial charge in [0.05, 0.1) is 19.9 Å². The summed E-state index contributed by atoms with van der Waals surface area (Å²) in [6, 6.07) is 16.7. The summed E-state index contributed by atoms with van der Waals surface area (Å²) in [6.45, 7) is 2.24. The number of nitrogens with zero attached hydrogens (tertiary/aromatic N) is 2. The lowest BCUT2D eigenvalue weighted by Gasteiger charge is -2.12. The minimum Gasteiger partial charge on any atom is -0.497 e. The monoisotopic (exact) mass is 378 g/mol. The van der Waals surface area contributed by atoms with Gasteiger partial charge in [-0.15, -0.1) is 0 Å². The molecule has 3 aromatic rings. The maximum absolute atomic E-state index is 12.5. The lowest BCUT2D eigenvalue weighted by Crippen LogP contribution is -2.24. The molecule has 0 radical (unpaired) electrons. The highest BCUT2D eigenvalue weighted by Crippen LogP contribution is 2.30. The second kappa shape index (κ2) is 8.85. The van der Waals surface area contributed by atoms with Crippen molar-refractivity contribution in [3.63, 3.8) is 0 Å². The molecule has 2 aromatic carbocycles. The van der Waals surface area contributed by atoms with Gasteiger partial charge in [-0.3, -0.25) is 4.79 Å². The number of amides is 1. The molecule has 0 saturated heterocycles. The SMILES string of the molecule is COc1ccc(Nc2nc(C)cc(C(=O)NCc3ccccc3)n2)c(OC)c1. The molecule has 3 rings (SSSR count). The quantitative estimate of drug-likeness (QED) is 0.655. The first-order valence-corrected chi connectivity index (χ1v) is 8.76. The van der Waals surface area contributed by atoms with Crippen molar-refractivity contribution in [2.45, 2.75) is 13.5 Å². The van der Waals surface area contributed by atoms with Gasteiger partial charge in [-0.1, -0.05) is 30.3 Å². The number of carbonyl (C=O) groups is 1. The van der Waals surface area contributed by atoms with Crippen LogP contribution in [0.1, 0.15) is 21.7 Å². The fraction of sp³-hybridized carbons (Fsp3) is 0.190. The number of hydrogen-bond acceptors (Lipinski definition) is 6. The number of hydrogen-bond donors (Lipinski definition) is 2. The second-order valence-electron chi connectivity index (χ2n) is 6.08. The average molecular weight is 378 g/mol. The maximum atomic E-state index is 12.5. The van der Waals surface area contributed by atoms with Crippen molar-refractivity contribution in [1.29, 1.82) is 0 Å². The molecule has 0 unspecified atom stereocenters. The Hall–Kier alpha value is -3.61. The fourth-order valence-corrected chi connectivity index (χ4v) is 2.63. The zero-order valence-corrected chi connectivity index (χ0v) is 16.0. The molecule has 7 heteroatoms. The van der Waals surface area contributed by atoms with Crippen LogP contribution in [0.2, 0.25) is 0 Å². The highest BCUT2D eigenvalue weighted by molar-refractivity contribution is 5.92. The number of aryl methyl sites for hydroxylation is 1. The molecule has 0 aliphatic carbocycles. The van der Waals surface area contributed by atoms with E-state index in [-0.39, 0.29) is 5.91 Å². The number of aromatic nitrogens is 2. The molecular weight excluding hydrogens is 356 g/mol. The van der Waals surface area contributed by atoms with Gasteiger partial charge in [0.15, 0.2) is 0 Å². The van der Waals surface area contributed by atoms with Crippen LogP contribution in [-0.2, 0) is 6.54 Å².